The third kappa shape index (κ3) is 4.28. The average molecular weight is 419 g/mol. The molecule has 0 bridgehead atoms. The van der Waals surface area contributed by atoms with Gasteiger partial charge >= 0.3 is 5.97 Å². The smallest absolute Gasteiger partial charge is 0.307 e. The number of rotatable bonds is 9. The largest absolute Gasteiger partial charge is 0.497 e. The molecule has 164 valence electrons. The predicted octanol–water partition coefficient (Wildman–Crippen LogP) is 6.71. The molecular formula is C28H34O3. The van der Waals surface area contributed by atoms with Crippen molar-refractivity contribution >= 4 is 12.0 Å². The molecule has 0 saturated carbocycles. The maximum atomic E-state index is 12.5. The van der Waals surface area contributed by atoms with E-state index >= 15 is 0 Å². The van der Waals surface area contributed by atoms with Crippen molar-refractivity contribution in [3.05, 3.63) is 70.8 Å². The molecule has 0 N–H and O–H groups in total. The van der Waals surface area contributed by atoms with Gasteiger partial charge in [-0.1, -0.05) is 75.6 Å². The van der Waals surface area contributed by atoms with Crippen LogP contribution in [0.25, 0.3) is 6.08 Å². The van der Waals surface area contributed by atoms with Gasteiger partial charge in [0.25, 0.3) is 0 Å². The lowest BCUT2D eigenvalue weighted by molar-refractivity contribution is -0.147. The Balaban J connectivity index is 1.69. The Bertz CT molecular complexity index is 943. The zero-order chi connectivity index (χ0) is 21.8. The number of benzene rings is 2. The van der Waals surface area contributed by atoms with Gasteiger partial charge in [0.2, 0.25) is 0 Å². The summed E-state index contributed by atoms with van der Waals surface area (Å²) in [7, 11) is 1.70. The Kier molecular flexibility index (Phi) is 6.50. The van der Waals surface area contributed by atoms with Gasteiger partial charge in [0.15, 0.2) is 0 Å². The first kappa shape index (κ1) is 21.7. The molecule has 0 radical (unpaired) electrons. The summed E-state index contributed by atoms with van der Waals surface area (Å²) in [5, 5.41) is 0. The van der Waals surface area contributed by atoms with Gasteiger partial charge in [0, 0.05) is 11.8 Å². The number of hydrogen-bond acceptors (Lipinski definition) is 3. The Morgan fingerprint density at radius 2 is 1.84 bits per heavy atom. The van der Waals surface area contributed by atoms with Gasteiger partial charge < -0.3 is 9.47 Å². The molecule has 1 fully saturated rings. The SMILES string of the molecule is CCCCCCC1(C2=Cc3ccccc3C2Cc2ccc(OC)cc2)OC(=O)CC1C. The number of cyclic esters (lactones) is 1. The van der Waals surface area contributed by atoms with Crippen molar-refractivity contribution in [3.63, 3.8) is 0 Å². The van der Waals surface area contributed by atoms with Crippen LogP contribution in [-0.2, 0) is 16.0 Å². The molecular weight excluding hydrogens is 384 g/mol. The Hall–Kier alpha value is -2.55. The van der Waals surface area contributed by atoms with Gasteiger partial charge in [0.1, 0.15) is 11.4 Å². The molecule has 1 aliphatic carbocycles. The third-order valence-corrected chi connectivity index (χ3v) is 7.11. The van der Waals surface area contributed by atoms with Crippen LogP contribution < -0.4 is 4.74 Å². The lowest BCUT2D eigenvalue weighted by atomic mass is 9.72. The van der Waals surface area contributed by atoms with Crippen molar-refractivity contribution in [2.24, 2.45) is 5.92 Å². The second-order valence-electron chi connectivity index (χ2n) is 9.11. The molecule has 2 aliphatic rings. The standard InChI is InChI=1S/C28H34O3/c1-4-5-6-9-16-28(20(2)17-27(29)31-28)26-19-22-10-7-8-11-24(22)25(26)18-21-12-14-23(30-3)15-13-21/h7-8,10-15,19-20,25H,4-6,9,16-18H2,1-3H3. The monoisotopic (exact) mass is 418 g/mol. The van der Waals surface area contributed by atoms with E-state index in [0.717, 1.165) is 25.0 Å². The second kappa shape index (κ2) is 9.30. The molecule has 3 unspecified atom stereocenters. The van der Waals surface area contributed by atoms with E-state index in [4.69, 9.17) is 9.47 Å². The Morgan fingerprint density at radius 3 is 2.52 bits per heavy atom. The fourth-order valence-corrected chi connectivity index (χ4v) is 5.39. The number of carbonyl (C=O) groups excluding carboxylic acids is 1. The molecule has 1 heterocycles. The van der Waals surface area contributed by atoms with Crippen LogP contribution in [0.15, 0.2) is 54.1 Å². The molecule has 0 amide bonds. The van der Waals surface area contributed by atoms with Crippen LogP contribution >= 0.6 is 0 Å². The third-order valence-electron chi connectivity index (χ3n) is 7.11. The van der Waals surface area contributed by atoms with Crippen LogP contribution in [0.1, 0.15) is 75.0 Å². The van der Waals surface area contributed by atoms with Crippen LogP contribution in [0.2, 0.25) is 0 Å². The lowest BCUT2D eigenvalue weighted by Gasteiger charge is -2.37. The van der Waals surface area contributed by atoms with E-state index in [9.17, 15) is 4.79 Å². The summed E-state index contributed by atoms with van der Waals surface area (Å²) in [6, 6.07) is 17.0. The Labute approximate surface area is 186 Å². The molecule has 2 aromatic carbocycles. The number of unbranched alkanes of at least 4 members (excludes halogenated alkanes) is 3. The highest BCUT2D eigenvalue weighted by Crippen LogP contribution is 2.52. The average Bonchev–Trinajstić information content (AvgIpc) is 3.29. The van der Waals surface area contributed by atoms with E-state index in [-0.39, 0.29) is 17.8 Å². The summed E-state index contributed by atoms with van der Waals surface area (Å²) in [4.78, 5) is 12.5. The first-order valence-electron chi connectivity index (χ1n) is 11.7. The van der Waals surface area contributed by atoms with Crippen molar-refractivity contribution in [1.29, 1.82) is 0 Å². The molecule has 4 rings (SSSR count). The normalized spacial score (nSPS) is 24.6. The molecule has 0 aromatic heterocycles. The molecule has 31 heavy (non-hydrogen) atoms. The zero-order valence-electron chi connectivity index (χ0n) is 19.0. The van der Waals surface area contributed by atoms with E-state index in [1.807, 2.05) is 12.1 Å². The molecule has 1 saturated heterocycles. The van der Waals surface area contributed by atoms with Crippen molar-refractivity contribution in [2.75, 3.05) is 7.11 Å². The summed E-state index contributed by atoms with van der Waals surface area (Å²) in [6.45, 7) is 4.42. The molecule has 2 aromatic rings. The topological polar surface area (TPSA) is 35.5 Å². The van der Waals surface area contributed by atoms with Gasteiger partial charge in [-0.2, -0.15) is 0 Å². The van der Waals surface area contributed by atoms with E-state index < -0.39 is 5.60 Å². The highest BCUT2D eigenvalue weighted by Gasteiger charge is 2.52. The molecule has 0 spiro atoms. The van der Waals surface area contributed by atoms with Crippen LogP contribution in [0.3, 0.4) is 0 Å². The fourth-order valence-electron chi connectivity index (χ4n) is 5.39. The summed E-state index contributed by atoms with van der Waals surface area (Å²) in [5.41, 5.74) is 4.68. The predicted molar refractivity (Wildman–Crippen MR) is 125 cm³/mol. The number of esters is 1. The number of ether oxygens (including phenoxy) is 2. The molecule has 3 atom stereocenters. The summed E-state index contributed by atoms with van der Waals surface area (Å²) in [5.74, 6) is 1.24. The van der Waals surface area contributed by atoms with Crippen molar-refractivity contribution in [3.8, 4) is 5.75 Å². The quantitative estimate of drug-likeness (QED) is 0.335. The van der Waals surface area contributed by atoms with E-state index in [2.05, 4.69) is 56.3 Å². The lowest BCUT2D eigenvalue weighted by Crippen LogP contribution is -2.38. The van der Waals surface area contributed by atoms with Crippen LogP contribution in [0.5, 0.6) is 5.75 Å². The van der Waals surface area contributed by atoms with E-state index in [1.165, 1.54) is 41.5 Å². The van der Waals surface area contributed by atoms with Gasteiger partial charge in [-0.05, 0) is 53.7 Å². The van der Waals surface area contributed by atoms with Crippen molar-refractivity contribution in [1.82, 2.24) is 0 Å². The van der Waals surface area contributed by atoms with Crippen molar-refractivity contribution in [2.45, 2.75) is 70.3 Å². The Morgan fingerprint density at radius 1 is 1.06 bits per heavy atom. The van der Waals surface area contributed by atoms with Crippen LogP contribution in [0, 0.1) is 5.92 Å². The minimum Gasteiger partial charge on any atom is -0.497 e. The van der Waals surface area contributed by atoms with Gasteiger partial charge in [-0.3, -0.25) is 4.79 Å². The van der Waals surface area contributed by atoms with Crippen LogP contribution in [-0.4, -0.2) is 18.7 Å². The zero-order valence-corrected chi connectivity index (χ0v) is 19.0. The van der Waals surface area contributed by atoms with Gasteiger partial charge in [-0.25, -0.2) is 0 Å². The first-order chi connectivity index (χ1) is 15.1. The minimum atomic E-state index is -0.485. The van der Waals surface area contributed by atoms with Crippen LogP contribution in [0.4, 0.5) is 0 Å². The molecule has 3 nitrogen and oxygen atoms in total. The summed E-state index contributed by atoms with van der Waals surface area (Å²) >= 11 is 0. The summed E-state index contributed by atoms with van der Waals surface area (Å²) < 4.78 is 11.6. The second-order valence-corrected chi connectivity index (χ2v) is 9.11. The first-order valence-corrected chi connectivity index (χ1v) is 11.7. The number of hydrogen-bond donors (Lipinski definition) is 0. The van der Waals surface area contributed by atoms with Gasteiger partial charge in [-0.15, -0.1) is 0 Å². The molecule has 3 heteroatoms. The number of methoxy groups -OCH3 is 1. The maximum absolute atomic E-state index is 12.5. The summed E-state index contributed by atoms with van der Waals surface area (Å²) in [6.07, 6.45) is 9.35. The van der Waals surface area contributed by atoms with Gasteiger partial charge in [0.05, 0.1) is 13.5 Å². The highest BCUT2D eigenvalue weighted by atomic mass is 16.6. The fraction of sp³-hybridized carbons (Fsp3) is 0.464. The van der Waals surface area contributed by atoms with Crippen molar-refractivity contribution < 1.29 is 14.3 Å². The molecule has 1 aliphatic heterocycles. The maximum Gasteiger partial charge on any atom is 0.307 e. The number of carbonyl (C=O) groups is 1. The van der Waals surface area contributed by atoms with E-state index in [1.54, 1.807) is 7.11 Å². The van der Waals surface area contributed by atoms with E-state index in [0.29, 0.717) is 6.42 Å². The minimum absolute atomic E-state index is 0.0527. The number of fused-ring (bicyclic) bond motifs is 1. The highest BCUT2D eigenvalue weighted by molar-refractivity contribution is 5.77.